The second-order valence-electron chi connectivity index (χ2n) is 6.18. The van der Waals surface area contributed by atoms with Crippen LogP contribution < -0.4 is 0 Å². The lowest BCUT2D eigenvalue weighted by molar-refractivity contribution is -0.130. The van der Waals surface area contributed by atoms with Crippen LogP contribution in [-0.2, 0) is 4.79 Å². The van der Waals surface area contributed by atoms with Crippen molar-refractivity contribution < 1.29 is 4.79 Å². The van der Waals surface area contributed by atoms with Gasteiger partial charge in [0.2, 0.25) is 5.91 Å². The van der Waals surface area contributed by atoms with Crippen LogP contribution in [0.1, 0.15) is 37.3 Å². The summed E-state index contributed by atoms with van der Waals surface area (Å²) in [6.07, 6.45) is 2.78. The molecule has 0 radical (unpaired) electrons. The van der Waals surface area contributed by atoms with Gasteiger partial charge in [0.25, 0.3) is 0 Å². The number of amides is 1. The SMILES string of the molecule is CC(=O)N1C[C@H](C)C[C@H](c2ccc(C#N)c3ncccc23)C1. The third-order valence-corrected chi connectivity index (χ3v) is 4.47. The lowest BCUT2D eigenvalue weighted by atomic mass is 9.83. The van der Waals surface area contributed by atoms with E-state index in [1.54, 1.807) is 13.1 Å². The summed E-state index contributed by atoms with van der Waals surface area (Å²) in [5, 5.41) is 10.3. The van der Waals surface area contributed by atoms with Crippen molar-refractivity contribution in [3.8, 4) is 6.07 Å². The molecule has 2 aromatic rings. The number of aromatic nitrogens is 1. The quantitative estimate of drug-likeness (QED) is 0.812. The highest BCUT2D eigenvalue weighted by Gasteiger charge is 2.28. The van der Waals surface area contributed by atoms with Gasteiger partial charge in [-0.2, -0.15) is 5.26 Å². The lowest BCUT2D eigenvalue weighted by Crippen LogP contribution is -2.41. The van der Waals surface area contributed by atoms with Crippen molar-refractivity contribution in [2.45, 2.75) is 26.2 Å². The molecule has 0 N–H and O–H groups in total. The highest BCUT2D eigenvalue weighted by molar-refractivity contribution is 5.87. The monoisotopic (exact) mass is 293 g/mol. The first-order chi connectivity index (χ1) is 10.6. The number of rotatable bonds is 1. The summed E-state index contributed by atoms with van der Waals surface area (Å²) in [5.41, 5.74) is 2.56. The zero-order valence-corrected chi connectivity index (χ0v) is 12.9. The van der Waals surface area contributed by atoms with E-state index in [1.807, 2.05) is 29.2 Å². The van der Waals surface area contributed by atoms with Crippen molar-refractivity contribution in [1.82, 2.24) is 9.88 Å². The standard InChI is InChI=1S/C18H19N3O/c1-12-8-15(11-21(10-12)13(2)22)16-6-5-14(9-19)18-17(16)4-3-7-20-18/h3-7,12,15H,8,10-11H2,1-2H3/t12-,15+/m1/s1. The van der Waals surface area contributed by atoms with Gasteiger partial charge >= 0.3 is 0 Å². The Bertz CT molecular complexity index is 763. The maximum Gasteiger partial charge on any atom is 0.219 e. The summed E-state index contributed by atoms with van der Waals surface area (Å²) < 4.78 is 0. The number of hydrogen-bond acceptors (Lipinski definition) is 3. The Morgan fingerprint density at radius 1 is 1.36 bits per heavy atom. The molecule has 1 saturated heterocycles. The van der Waals surface area contributed by atoms with Crippen molar-refractivity contribution in [3.05, 3.63) is 41.6 Å². The summed E-state index contributed by atoms with van der Waals surface area (Å²) >= 11 is 0. The molecule has 1 fully saturated rings. The second kappa shape index (κ2) is 5.76. The number of carbonyl (C=O) groups is 1. The van der Waals surface area contributed by atoms with E-state index >= 15 is 0 Å². The largest absolute Gasteiger partial charge is 0.342 e. The topological polar surface area (TPSA) is 57.0 Å². The molecule has 0 saturated carbocycles. The summed E-state index contributed by atoms with van der Waals surface area (Å²) in [5.74, 6) is 0.907. The molecule has 0 spiro atoms. The summed E-state index contributed by atoms with van der Waals surface area (Å²) in [7, 11) is 0. The molecule has 0 aliphatic carbocycles. The van der Waals surface area contributed by atoms with Gasteiger partial charge in [0.1, 0.15) is 6.07 Å². The number of fused-ring (bicyclic) bond motifs is 1. The van der Waals surface area contributed by atoms with Crippen molar-refractivity contribution in [2.75, 3.05) is 13.1 Å². The van der Waals surface area contributed by atoms with Crippen molar-refractivity contribution in [3.63, 3.8) is 0 Å². The number of pyridine rings is 1. The number of nitriles is 1. The highest BCUT2D eigenvalue weighted by Crippen LogP contribution is 2.34. The molecule has 1 amide bonds. The van der Waals surface area contributed by atoms with Crippen LogP contribution in [0.2, 0.25) is 0 Å². The predicted molar refractivity (Wildman–Crippen MR) is 85.2 cm³/mol. The zero-order valence-electron chi connectivity index (χ0n) is 12.9. The van der Waals surface area contributed by atoms with Gasteiger partial charge in [-0.1, -0.05) is 19.1 Å². The van der Waals surface area contributed by atoms with Crippen LogP contribution in [0.5, 0.6) is 0 Å². The second-order valence-corrected chi connectivity index (χ2v) is 6.18. The third-order valence-electron chi connectivity index (χ3n) is 4.47. The Balaban J connectivity index is 2.07. The molecule has 112 valence electrons. The Labute approximate surface area is 130 Å². The average Bonchev–Trinajstić information content (AvgIpc) is 2.53. The van der Waals surface area contributed by atoms with E-state index in [1.165, 1.54) is 5.56 Å². The van der Waals surface area contributed by atoms with E-state index in [9.17, 15) is 10.1 Å². The van der Waals surface area contributed by atoms with Crippen LogP contribution in [0.15, 0.2) is 30.5 Å². The molecule has 4 nitrogen and oxygen atoms in total. The van der Waals surface area contributed by atoms with Gasteiger partial charge in [0.15, 0.2) is 0 Å². The summed E-state index contributed by atoms with van der Waals surface area (Å²) in [4.78, 5) is 18.1. The van der Waals surface area contributed by atoms with Gasteiger partial charge in [-0.3, -0.25) is 9.78 Å². The Morgan fingerprint density at radius 2 is 2.18 bits per heavy atom. The molecule has 1 aromatic carbocycles. The van der Waals surface area contributed by atoms with Gasteiger partial charge in [-0.05, 0) is 30.0 Å². The summed E-state index contributed by atoms with van der Waals surface area (Å²) in [6.45, 7) is 5.40. The smallest absolute Gasteiger partial charge is 0.219 e. The molecular weight excluding hydrogens is 274 g/mol. The molecule has 0 unspecified atom stereocenters. The first kappa shape index (κ1) is 14.5. The molecular formula is C18H19N3O. The van der Waals surface area contributed by atoms with E-state index in [2.05, 4.69) is 18.0 Å². The zero-order chi connectivity index (χ0) is 15.7. The Hall–Kier alpha value is -2.41. The molecule has 0 bridgehead atoms. The van der Waals surface area contributed by atoms with E-state index < -0.39 is 0 Å². The van der Waals surface area contributed by atoms with Gasteiger partial charge in [-0.15, -0.1) is 0 Å². The van der Waals surface area contributed by atoms with E-state index in [-0.39, 0.29) is 5.91 Å². The van der Waals surface area contributed by atoms with Crippen molar-refractivity contribution >= 4 is 16.8 Å². The molecule has 1 aliphatic rings. The molecule has 1 aromatic heterocycles. The fourth-order valence-corrected chi connectivity index (χ4v) is 3.47. The van der Waals surface area contributed by atoms with E-state index in [0.29, 0.717) is 17.4 Å². The Morgan fingerprint density at radius 3 is 2.91 bits per heavy atom. The first-order valence-electron chi connectivity index (χ1n) is 7.63. The molecule has 1 aliphatic heterocycles. The number of piperidine rings is 1. The first-order valence-corrected chi connectivity index (χ1v) is 7.63. The van der Waals surface area contributed by atoms with Gasteiger partial charge in [0.05, 0.1) is 11.1 Å². The number of benzene rings is 1. The van der Waals surface area contributed by atoms with Crippen LogP contribution in [0.3, 0.4) is 0 Å². The minimum absolute atomic E-state index is 0.132. The van der Waals surface area contributed by atoms with Crippen LogP contribution in [0.25, 0.3) is 10.9 Å². The summed E-state index contributed by atoms with van der Waals surface area (Å²) in [6, 6.07) is 10.0. The molecule has 2 heterocycles. The molecule has 3 rings (SSSR count). The van der Waals surface area contributed by atoms with Gasteiger partial charge in [0, 0.05) is 37.5 Å². The normalized spacial score (nSPS) is 21.6. The van der Waals surface area contributed by atoms with Crippen LogP contribution >= 0.6 is 0 Å². The third kappa shape index (κ3) is 2.55. The van der Waals surface area contributed by atoms with Gasteiger partial charge < -0.3 is 4.90 Å². The number of carbonyl (C=O) groups excluding carboxylic acids is 1. The molecule has 4 heteroatoms. The number of hydrogen-bond donors (Lipinski definition) is 0. The number of nitrogens with zero attached hydrogens (tertiary/aromatic N) is 3. The molecule has 22 heavy (non-hydrogen) atoms. The average molecular weight is 293 g/mol. The minimum Gasteiger partial charge on any atom is -0.342 e. The maximum absolute atomic E-state index is 11.8. The minimum atomic E-state index is 0.132. The maximum atomic E-state index is 11.8. The number of likely N-dealkylation sites (tertiary alicyclic amines) is 1. The molecule has 2 atom stereocenters. The fraction of sp³-hybridized carbons (Fsp3) is 0.389. The van der Waals surface area contributed by atoms with Crippen molar-refractivity contribution in [1.29, 1.82) is 5.26 Å². The van der Waals surface area contributed by atoms with Crippen LogP contribution in [0.4, 0.5) is 0 Å². The lowest BCUT2D eigenvalue weighted by Gasteiger charge is -2.36. The van der Waals surface area contributed by atoms with E-state index in [0.717, 1.165) is 30.4 Å². The van der Waals surface area contributed by atoms with Crippen LogP contribution in [-0.4, -0.2) is 28.9 Å². The predicted octanol–water partition coefficient (Wildman–Crippen LogP) is 3.08. The Kier molecular flexibility index (Phi) is 3.81. The van der Waals surface area contributed by atoms with Crippen LogP contribution in [0, 0.1) is 17.2 Å². The van der Waals surface area contributed by atoms with Crippen molar-refractivity contribution in [2.24, 2.45) is 5.92 Å². The van der Waals surface area contributed by atoms with Gasteiger partial charge in [-0.25, -0.2) is 0 Å². The van der Waals surface area contributed by atoms with E-state index in [4.69, 9.17) is 0 Å². The highest BCUT2D eigenvalue weighted by atomic mass is 16.2. The fourth-order valence-electron chi connectivity index (χ4n) is 3.47.